The first-order valence-corrected chi connectivity index (χ1v) is 11.9. The lowest BCUT2D eigenvalue weighted by Crippen LogP contribution is -2.32. The normalized spacial score (nSPS) is 11.0. The van der Waals surface area contributed by atoms with Crippen LogP contribution in [0.15, 0.2) is 60.7 Å². The fourth-order valence-corrected chi connectivity index (χ4v) is 4.17. The molecule has 0 saturated carbocycles. The third kappa shape index (κ3) is 5.57. The first kappa shape index (κ1) is 24.8. The Morgan fingerprint density at radius 2 is 1.56 bits per heavy atom. The van der Waals surface area contributed by atoms with Crippen molar-refractivity contribution in [3.05, 3.63) is 77.6 Å². The third-order valence-corrected chi connectivity index (χ3v) is 6.16. The van der Waals surface area contributed by atoms with Crippen molar-refractivity contribution in [2.24, 2.45) is 0 Å². The van der Waals surface area contributed by atoms with Crippen LogP contribution < -0.4 is 23.8 Å². The van der Waals surface area contributed by atoms with Crippen LogP contribution in [0.1, 0.15) is 15.9 Å². The quantitative estimate of drug-likeness (QED) is 0.488. The van der Waals surface area contributed by atoms with Crippen molar-refractivity contribution in [3.8, 4) is 17.2 Å². The molecule has 0 saturated heterocycles. The number of nitrogens with one attached hydrogen (secondary N) is 1. The number of hydrogen-bond donors (Lipinski definition) is 1. The van der Waals surface area contributed by atoms with Gasteiger partial charge in [-0.15, -0.1) is 0 Å². The SMILES string of the molecule is COc1ccc(NC(=O)c2cc(OC)c(OC)cc2N(Cc2ccccc2F)S(C)(=O)=O)cc1. The van der Waals surface area contributed by atoms with Crippen LogP contribution in [0, 0.1) is 5.82 Å². The molecule has 1 N–H and O–H groups in total. The van der Waals surface area contributed by atoms with Crippen LogP contribution in [0.3, 0.4) is 0 Å². The average Bonchev–Trinajstić information content (AvgIpc) is 2.82. The highest BCUT2D eigenvalue weighted by atomic mass is 32.2. The number of amides is 1. The smallest absolute Gasteiger partial charge is 0.257 e. The minimum atomic E-state index is -3.94. The Bertz CT molecular complexity index is 1280. The van der Waals surface area contributed by atoms with Gasteiger partial charge in [0.05, 0.1) is 45.4 Å². The second-order valence-corrected chi connectivity index (χ2v) is 9.17. The third-order valence-electron chi connectivity index (χ3n) is 5.04. The zero-order valence-corrected chi connectivity index (χ0v) is 20.0. The van der Waals surface area contributed by atoms with E-state index in [2.05, 4.69) is 5.32 Å². The van der Waals surface area contributed by atoms with Gasteiger partial charge in [-0.05, 0) is 36.4 Å². The highest BCUT2D eigenvalue weighted by Gasteiger charge is 2.27. The molecule has 8 nitrogen and oxygen atoms in total. The van der Waals surface area contributed by atoms with Gasteiger partial charge in [0.25, 0.3) is 5.91 Å². The predicted molar refractivity (Wildman–Crippen MR) is 128 cm³/mol. The van der Waals surface area contributed by atoms with Gasteiger partial charge in [-0.3, -0.25) is 9.10 Å². The summed E-state index contributed by atoms with van der Waals surface area (Å²) in [5.74, 6) is -0.117. The molecular formula is C24H25FN2O6S. The largest absolute Gasteiger partial charge is 0.497 e. The molecule has 0 unspecified atom stereocenters. The van der Waals surface area contributed by atoms with Gasteiger partial charge in [0, 0.05) is 17.3 Å². The number of nitrogens with zero attached hydrogens (tertiary/aromatic N) is 1. The maximum Gasteiger partial charge on any atom is 0.257 e. The van der Waals surface area contributed by atoms with Crippen LogP contribution in [0.2, 0.25) is 0 Å². The van der Waals surface area contributed by atoms with E-state index in [9.17, 15) is 17.6 Å². The molecule has 0 fully saturated rings. The van der Waals surface area contributed by atoms with Gasteiger partial charge in [0.15, 0.2) is 11.5 Å². The van der Waals surface area contributed by atoms with E-state index in [1.165, 1.54) is 51.7 Å². The molecule has 0 aromatic heterocycles. The topological polar surface area (TPSA) is 94.2 Å². The predicted octanol–water partition coefficient (Wildman–Crippen LogP) is 4.07. The molecule has 0 radical (unpaired) electrons. The van der Waals surface area contributed by atoms with Crippen LogP contribution in [-0.2, 0) is 16.6 Å². The van der Waals surface area contributed by atoms with Gasteiger partial charge in [0.2, 0.25) is 10.0 Å². The molecule has 0 aliphatic carbocycles. The number of ether oxygens (including phenoxy) is 3. The highest BCUT2D eigenvalue weighted by Crippen LogP contribution is 2.37. The summed E-state index contributed by atoms with van der Waals surface area (Å²) in [6.07, 6.45) is 0.982. The van der Waals surface area contributed by atoms with Crippen LogP contribution in [0.25, 0.3) is 0 Å². The van der Waals surface area contributed by atoms with E-state index in [4.69, 9.17) is 14.2 Å². The Morgan fingerprint density at radius 1 is 0.941 bits per heavy atom. The molecule has 180 valence electrons. The zero-order valence-electron chi connectivity index (χ0n) is 19.2. The van der Waals surface area contributed by atoms with Crippen LogP contribution in [-0.4, -0.2) is 41.9 Å². The molecule has 1 amide bonds. The molecule has 10 heteroatoms. The van der Waals surface area contributed by atoms with Gasteiger partial charge in [-0.2, -0.15) is 0 Å². The molecule has 3 aromatic rings. The Hall–Kier alpha value is -3.79. The fourth-order valence-electron chi connectivity index (χ4n) is 3.29. The summed E-state index contributed by atoms with van der Waals surface area (Å²) in [6.45, 7) is -0.330. The van der Waals surface area contributed by atoms with Crippen LogP contribution >= 0.6 is 0 Å². The summed E-state index contributed by atoms with van der Waals surface area (Å²) in [7, 11) is 0.373. The Kier molecular flexibility index (Phi) is 7.62. The monoisotopic (exact) mass is 488 g/mol. The standard InChI is InChI=1S/C24H25FN2O6S/c1-31-18-11-9-17(10-12-18)26-24(28)19-13-22(32-2)23(33-3)14-21(19)27(34(4,29)30)15-16-7-5-6-8-20(16)25/h5-14H,15H2,1-4H3,(H,26,28). The van der Waals surface area contributed by atoms with Gasteiger partial charge in [0.1, 0.15) is 11.6 Å². The molecule has 3 aromatic carbocycles. The molecule has 3 rings (SSSR count). The van der Waals surface area contributed by atoms with E-state index in [0.717, 1.165) is 10.6 Å². The van der Waals surface area contributed by atoms with Gasteiger partial charge in [-0.1, -0.05) is 18.2 Å². The van der Waals surface area contributed by atoms with E-state index in [-0.39, 0.29) is 34.9 Å². The number of hydrogen-bond acceptors (Lipinski definition) is 6. The van der Waals surface area contributed by atoms with Crippen molar-refractivity contribution in [1.29, 1.82) is 0 Å². The van der Waals surface area contributed by atoms with E-state index >= 15 is 0 Å². The summed E-state index contributed by atoms with van der Waals surface area (Å²) < 4.78 is 56.7. The van der Waals surface area contributed by atoms with Crippen molar-refractivity contribution >= 4 is 27.3 Å². The molecule has 0 atom stereocenters. The van der Waals surface area contributed by atoms with Crippen molar-refractivity contribution in [2.75, 3.05) is 37.2 Å². The number of carbonyl (C=O) groups is 1. The highest BCUT2D eigenvalue weighted by molar-refractivity contribution is 7.92. The number of halogens is 1. The molecule has 0 spiro atoms. The van der Waals surface area contributed by atoms with E-state index in [1.54, 1.807) is 30.3 Å². The average molecular weight is 489 g/mol. The number of sulfonamides is 1. The first-order chi connectivity index (χ1) is 16.2. The van der Waals surface area contributed by atoms with Crippen molar-refractivity contribution in [1.82, 2.24) is 0 Å². The number of carbonyl (C=O) groups excluding carboxylic acids is 1. The summed E-state index contributed by atoms with van der Waals surface area (Å²) in [5.41, 5.74) is 0.611. The van der Waals surface area contributed by atoms with Gasteiger partial charge >= 0.3 is 0 Å². The number of methoxy groups -OCH3 is 3. The van der Waals surface area contributed by atoms with Crippen molar-refractivity contribution in [2.45, 2.75) is 6.54 Å². The zero-order chi connectivity index (χ0) is 24.9. The molecule has 0 bridgehead atoms. The van der Waals surface area contributed by atoms with Gasteiger partial charge in [-0.25, -0.2) is 12.8 Å². The van der Waals surface area contributed by atoms with E-state index in [0.29, 0.717) is 11.4 Å². The number of rotatable bonds is 9. The van der Waals surface area contributed by atoms with E-state index < -0.39 is 21.7 Å². The summed E-state index contributed by atoms with van der Waals surface area (Å²) in [4.78, 5) is 13.3. The fraction of sp³-hybridized carbons (Fsp3) is 0.208. The maximum absolute atomic E-state index is 14.4. The summed E-state index contributed by atoms with van der Waals surface area (Å²) >= 11 is 0. The van der Waals surface area contributed by atoms with Gasteiger partial charge < -0.3 is 19.5 Å². The molecule has 0 aliphatic heterocycles. The minimum absolute atomic E-state index is 0.00441. The second kappa shape index (κ2) is 10.4. The molecule has 0 aliphatic rings. The lowest BCUT2D eigenvalue weighted by Gasteiger charge is -2.26. The first-order valence-electron chi connectivity index (χ1n) is 10.1. The van der Waals surface area contributed by atoms with Crippen LogP contribution in [0.5, 0.6) is 17.2 Å². The van der Waals surface area contributed by atoms with Crippen molar-refractivity contribution < 1.29 is 31.8 Å². The van der Waals surface area contributed by atoms with E-state index in [1.807, 2.05) is 0 Å². The second-order valence-electron chi connectivity index (χ2n) is 7.27. The minimum Gasteiger partial charge on any atom is -0.497 e. The van der Waals surface area contributed by atoms with Crippen molar-refractivity contribution in [3.63, 3.8) is 0 Å². The summed E-state index contributed by atoms with van der Waals surface area (Å²) in [5, 5.41) is 2.73. The number of anilines is 2. The number of benzene rings is 3. The lowest BCUT2D eigenvalue weighted by molar-refractivity contribution is 0.102. The maximum atomic E-state index is 14.4. The summed E-state index contributed by atoms with van der Waals surface area (Å²) in [6, 6.07) is 15.2. The molecule has 34 heavy (non-hydrogen) atoms. The Labute approximate surface area is 197 Å². The Balaban J connectivity index is 2.12. The lowest BCUT2D eigenvalue weighted by atomic mass is 10.1. The molecular weight excluding hydrogens is 463 g/mol. The van der Waals surface area contributed by atoms with Crippen LogP contribution in [0.4, 0.5) is 15.8 Å². The molecule has 0 heterocycles. The Morgan fingerprint density at radius 3 is 2.12 bits per heavy atom.